The van der Waals surface area contributed by atoms with Gasteiger partial charge in [0.1, 0.15) is 5.57 Å². The van der Waals surface area contributed by atoms with Gasteiger partial charge in [-0.3, -0.25) is 4.79 Å². The molecule has 4 heteroatoms. The SMILES string of the molecule is C=CC/C=C(\C(N)=O)C(=O)O. The normalized spacial score (nSPS) is 10.7. The molecule has 0 saturated carbocycles. The molecule has 3 N–H and O–H groups in total. The monoisotopic (exact) mass is 155 g/mol. The summed E-state index contributed by atoms with van der Waals surface area (Å²) in [6.07, 6.45) is 3.02. The van der Waals surface area contributed by atoms with Crippen LogP contribution < -0.4 is 5.73 Å². The van der Waals surface area contributed by atoms with Crippen molar-refractivity contribution in [2.24, 2.45) is 5.73 Å². The van der Waals surface area contributed by atoms with E-state index in [2.05, 4.69) is 6.58 Å². The molecule has 1 amide bonds. The minimum Gasteiger partial charge on any atom is -0.478 e. The lowest BCUT2D eigenvalue weighted by Gasteiger charge is -1.93. The van der Waals surface area contributed by atoms with Crippen molar-refractivity contribution in [2.45, 2.75) is 6.42 Å². The summed E-state index contributed by atoms with van der Waals surface area (Å²) in [5.41, 5.74) is 4.36. The lowest BCUT2D eigenvalue weighted by molar-refractivity contribution is -0.134. The number of allylic oxidation sites excluding steroid dienone is 2. The van der Waals surface area contributed by atoms with Crippen LogP contribution in [-0.4, -0.2) is 17.0 Å². The molecule has 4 nitrogen and oxygen atoms in total. The molecule has 0 fully saturated rings. The van der Waals surface area contributed by atoms with Gasteiger partial charge in [-0.2, -0.15) is 0 Å². The van der Waals surface area contributed by atoms with E-state index < -0.39 is 17.4 Å². The summed E-state index contributed by atoms with van der Waals surface area (Å²) in [5.74, 6) is -2.24. The zero-order chi connectivity index (χ0) is 8.85. The van der Waals surface area contributed by atoms with Crippen LogP contribution in [0.2, 0.25) is 0 Å². The van der Waals surface area contributed by atoms with E-state index in [9.17, 15) is 9.59 Å². The first-order valence-electron chi connectivity index (χ1n) is 2.93. The largest absolute Gasteiger partial charge is 0.478 e. The molecule has 60 valence electrons. The van der Waals surface area contributed by atoms with Gasteiger partial charge >= 0.3 is 5.97 Å². The first kappa shape index (κ1) is 9.42. The van der Waals surface area contributed by atoms with E-state index in [-0.39, 0.29) is 0 Å². The molecule has 0 heterocycles. The van der Waals surface area contributed by atoms with Gasteiger partial charge in [-0.05, 0) is 6.42 Å². The predicted octanol–water partition coefficient (Wildman–Crippen LogP) is 0.0588. The maximum Gasteiger partial charge on any atom is 0.340 e. The van der Waals surface area contributed by atoms with Crippen molar-refractivity contribution in [1.29, 1.82) is 0 Å². The van der Waals surface area contributed by atoms with Gasteiger partial charge in [0.15, 0.2) is 0 Å². The van der Waals surface area contributed by atoms with E-state index in [1.165, 1.54) is 12.2 Å². The highest BCUT2D eigenvalue weighted by Gasteiger charge is 2.11. The van der Waals surface area contributed by atoms with Crippen LogP contribution in [0.1, 0.15) is 6.42 Å². The Morgan fingerprint density at radius 2 is 2.09 bits per heavy atom. The number of hydrogen-bond acceptors (Lipinski definition) is 2. The van der Waals surface area contributed by atoms with Gasteiger partial charge in [-0.25, -0.2) is 4.79 Å². The maximum absolute atomic E-state index is 10.4. The van der Waals surface area contributed by atoms with Crippen LogP contribution in [0.25, 0.3) is 0 Å². The highest BCUT2D eigenvalue weighted by molar-refractivity contribution is 6.14. The Labute approximate surface area is 64.0 Å². The summed E-state index contributed by atoms with van der Waals surface area (Å²) in [6.45, 7) is 3.36. The molecule has 0 unspecified atom stereocenters. The van der Waals surface area contributed by atoms with Crippen LogP contribution in [0.4, 0.5) is 0 Å². The lowest BCUT2D eigenvalue weighted by atomic mass is 10.2. The maximum atomic E-state index is 10.4. The molecule has 0 aromatic heterocycles. The predicted molar refractivity (Wildman–Crippen MR) is 39.7 cm³/mol. The Hall–Kier alpha value is -1.58. The molecule has 0 aliphatic carbocycles. The molecule has 0 rings (SSSR count). The van der Waals surface area contributed by atoms with Gasteiger partial charge < -0.3 is 10.8 Å². The average Bonchev–Trinajstić information content (AvgIpc) is 1.87. The van der Waals surface area contributed by atoms with Crippen molar-refractivity contribution >= 4 is 11.9 Å². The first-order chi connectivity index (χ1) is 5.09. The minimum absolute atomic E-state index is 0.324. The number of carbonyl (C=O) groups is 2. The Bertz CT molecular complexity index is 202. The van der Waals surface area contributed by atoms with Crippen molar-refractivity contribution in [3.05, 3.63) is 24.3 Å². The molecule has 11 heavy (non-hydrogen) atoms. The third-order valence-electron chi connectivity index (χ3n) is 0.985. The second-order valence-corrected chi connectivity index (χ2v) is 1.81. The summed E-state index contributed by atoms with van der Waals surface area (Å²) in [7, 11) is 0. The van der Waals surface area contributed by atoms with Crippen LogP contribution in [0.5, 0.6) is 0 Å². The first-order valence-corrected chi connectivity index (χ1v) is 2.93. The fourth-order valence-corrected chi connectivity index (χ4v) is 0.494. The quantitative estimate of drug-likeness (QED) is 0.260. The van der Waals surface area contributed by atoms with Gasteiger partial charge in [-0.1, -0.05) is 12.2 Å². The summed E-state index contributed by atoms with van der Waals surface area (Å²) < 4.78 is 0. The number of aliphatic carboxylic acids is 1. The minimum atomic E-state index is -1.31. The molecule has 0 saturated heterocycles. The molecule has 0 spiro atoms. The smallest absolute Gasteiger partial charge is 0.340 e. The molecule has 0 atom stereocenters. The summed E-state index contributed by atoms with van der Waals surface area (Å²) in [6, 6.07) is 0. The average molecular weight is 155 g/mol. The van der Waals surface area contributed by atoms with Gasteiger partial charge in [0.05, 0.1) is 0 Å². The van der Waals surface area contributed by atoms with Crippen molar-refractivity contribution in [3.63, 3.8) is 0 Å². The molecule has 0 aromatic rings. The van der Waals surface area contributed by atoms with Crippen molar-refractivity contribution in [1.82, 2.24) is 0 Å². The van der Waals surface area contributed by atoms with Crippen LogP contribution in [0.3, 0.4) is 0 Å². The number of rotatable bonds is 4. The summed E-state index contributed by atoms with van der Waals surface area (Å²) >= 11 is 0. The zero-order valence-electron chi connectivity index (χ0n) is 5.91. The fourth-order valence-electron chi connectivity index (χ4n) is 0.494. The van der Waals surface area contributed by atoms with E-state index in [4.69, 9.17) is 10.8 Å². The van der Waals surface area contributed by atoms with Crippen molar-refractivity contribution < 1.29 is 14.7 Å². The highest BCUT2D eigenvalue weighted by atomic mass is 16.4. The number of carbonyl (C=O) groups excluding carboxylic acids is 1. The highest BCUT2D eigenvalue weighted by Crippen LogP contribution is 1.96. The number of carboxylic acid groups (broad SMARTS) is 1. The van der Waals surface area contributed by atoms with Crippen LogP contribution in [0, 0.1) is 0 Å². The third kappa shape index (κ3) is 3.20. The Morgan fingerprint density at radius 3 is 2.36 bits per heavy atom. The van der Waals surface area contributed by atoms with Crippen LogP contribution in [-0.2, 0) is 9.59 Å². The molecule has 0 aromatic carbocycles. The number of primary amides is 1. The van der Waals surface area contributed by atoms with Crippen LogP contribution in [0.15, 0.2) is 24.3 Å². The number of carboxylic acids is 1. The Morgan fingerprint density at radius 1 is 1.55 bits per heavy atom. The zero-order valence-corrected chi connectivity index (χ0v) is 5.91. The number of hydrogen-bond donors (Lipinski definition) is 2. The van der Waals surface area contributed by atoms with Crippen molar-refractivity contribution in [2.75, 3.05) is 0 Å². The standard InChI is InChI=1S/C7H9NO3/c1-2-3-4-5(6(8)9)7(10)11/h2,4H,1,3H2,(H2,8,9)(H,10,11)/b5-4+. The van der Waals surface area contributed by atoms with E-state index in [0.717, 1.165) is 0 Å². The molecule has 0 radical (unpaired) electrons. The van der Waals surface area contributed by atoms with Gasteiger partial charge in [0, 0.05) is 0 Å². The second-order valence-electron chi connectivity index (χ2n) is 1.81. The number of nitrogens with two attached hydrogens (primary N) is 1. The lowest BCUT2D eigenvalue weighted by Crippen LogP contribution is -2.20. The Kier molecular flexibility index (Phi) is 3.66. The summed E-state index contributed by atoms with van der Waals surface area (Å²) in [5, 5.41) is 8.37. The molecule has 0 bridgehead atoms. The Balaban J connectivity index is 4.45. The molecular formula is C7H9NO3. The van der Waals surface area contributed by atoms with Gasteiger partial charge in [0.2, 0.25) is 0 Å². The van der Waals surface area contributed by atoms with E-state index in [1.54, 1.807) is 0 Å². The fraction of sp³-hybridized carbons (Fsp3) is 0.143. The van der Waals surface area contributed by atoms with E-state index in [1.807, 2.05) is 0 Å². The molecule has 0 aliphatic heterocycles. The third-order valence-corrected chi connectivity index (χ3v) is 0.985. The van der Waals surface area contributed by atoms with E-state index >= 15 is 0 Å². The summed E-state index contributed by atoms with van der Waals surface area (Å²) in [4.78, 5) is 20.6. The number of amides is 1. The van der Waals surface area contributed by atoms with Crippen LogP contribution >= 0.6 is 0 Å². The van der Waals surface area contributed by atoms with Gasteiger partial charge in [-0.15, -0.1) is 6.58 Å². The topological polar surface area (TPSA) is 80.4 Å². The van der Waals surface area contributed by atoms with Crippen molar-refractivity contribution in [3.8, 4) is 0 Å². The molecule has 0 aliphatic rings. The van der Waals surface area contributed by atoms with Gasteiger partial charge in [0.25, 0.3) is 5.91 Å². The van der Waals surface area contributed by atoms with E-state index in [0.29, 0.717) is 6.42 Å². The second kappa shape index (κ2) is 4.27. The molecular weight excluding hydrogens is 146 g/mol.